The molecule has 0 aromatic heterocycles. The molecular formula is C17H27NO. The van der Waals surface area contributed by atoms with Crippen molar-refractivity contribution >= 4 is 0 Å². The number of aliphatic hydroxyl groups excluding tert-OH is 1. The van der Waals surface area contributed by atoms with Crippen molar-refractivity contribution in [2.45, 2.75) is 46.1 Å². The molecule has 0 spiro atoms. The first-order valence-corrected chi connectivity index (χ1v) is 7.44. The van der Waals surface area contributed by atoms with E-state index in [1.54, 1.807) is 0 Å². The van der Waals surface area contributed by atoms with Gasteiger partial charge in [0.2, 0.25) is 0 Å². The normalized spacial score (nSPS) is 21.3. The van der Waals surface area contributed by atoms with Crippen molar-refractivity contribution in [3.05, 3.63) is 35.4 Å². The van der Waals surface area contributed by atoms with Crippen LogP contribution in [0.2, 0.25) is 0 Å². The molecule has 0 amide bonds. The van der Waals surface area contributed by atoms with Crippen molar-refractivity contribution in [3.8, 4) is 0 Å². The van der Waals surface area contributed by atoms with Crippen LogP contribution in [-0.4, -0.2) is 29.6 Å². The highest BCUT2D eigenvalue weighted by atomic mass is 16.3. The minimum Gasteiger partial charge on any atom is -0.388 e. The topological polar surface area (TPSA) is 23.5 Å². The monoisotopic (exact) mass is 261 g/mol. The molecule has 1 aromatic rings. The zero-order valence-corrected chi connectivity index (χ0v) is 12.5. The van der Waals surface area contributed by atoms with Gasteiger partial charge in [0, 0.05) is 13.1 Å². The van der Waals surface area contributed by atoms with Gasteiger partial charge in [0.05, 0.1) is 6.10 Å². The van der Waals surface area contributed by atoms with Crippen LogP contribution >= 0.6 is 0 Å². The number of likely N-dealkylation sites (tertiary alicyclic amines) is 1. The van der Waals surface area contributed by atoms with Gasteiger partial charge in [-0.3, -0.25) is 0 Å². The summed E-state index contributed by atoms with van der Waals surface area (Å²) in [5.41, 5.74) is 2.71. The summed E-state index contributed by atoms with van der Waals surface area (Å²) in [4.78, 5) is 2.50. The fourth-order valence-electron chi connectivity index (χ4n) is 3.16. The highest BCUT2D eigenvalue weighted by Crippen LogP contribution is 2.29. The first kappa shape index (κ1) is 14.5. The summed E-state index contributed by atoms with van der Waals surface area (Å²) in [7, 11) is 0. The van der Waals surface area contributed by atoms with Gasteiger partial charge in [-0.1, -0.05) is 38.1 Å². The Morgan fingerprint density at radius 2 is 2.05 bits per heavy atom. The van der Waals surface area contributed by atoms with Gasteiger partial charge in [0.25, 0.3) is 0 Å². The maximum absolute atomic E-state index is 10.3. The summed E-state index contributed by atoms with van der Waals surface area (Å²) < 4.78 is 0. The number of aryl methyl sites for hydroxylation is 1. The van der Waals surface area contributed by atoms with Gasteiger partial charge < -0.3 is 10.0 Å². The molecular weight excluding hydrogens is 234 g/mol. The van der Waals surface area contributed by atoms with Gasteiger partial charge in [-0.05, 0) is 49.3 Å². The quantitative estimate of drug-likeness (QED) is 0.896. The molecule has 1 heterocycles. The van der Waals surface area contributed by atoms with Crippen LogP contribution < -0.4 is 0 Å². The van der Waals surface area contributed by atoms with Crippen molar-refractivity contribution in [1.29, 1.82) is 0 Å². The summed E-state index contributed by atoms with van der Waals surface area (Å²) in [6, 6.07) is 8.15. The number of hydrogen-bond acceptors (Lipinski definition) is 2. The maximum atomic E-state index is 10.3. The van der Waals surface area contributed by atoms with Crippen LogP contribution in [0.15, 0.2) is 24.3 Å². The molecule has 1 saturated heterocycles. The number of benzene rings is 1. The second kappa shape index (κ2) is 6.06. The number of hydrogen-bond donors (Lipinski definition) is 1. The van der Waals surface area contributed by atoms with Gasteiger partial charge >= 0.3 is 0 Å². The molecule has 19 heavy (non-hydrogen) atoms. The summed E-state index contributed by atoms with van der Waals surface area (Å²) in [5, 5.41) is 10.3. The highest BCUT2D eigenvalue weighted by Gasteiger charge is 2.26. The number of rotatable bonds is 4. The Morgan fingerprint density at radius 3 is 2.74 bits per heavy atom. The molecule has 1 atom stereocenters. The first-order valence-electron chi connectivity index (χ1n) is 7.44. The smallest absolute Gasteiger partial charge is 0.0804 e. The van der Waals surface area contributed by atoms with Gasteiger partial charge in [-0.25, -0.2) is 0 Å². The second-order valence-corrected chi connectivity index (χ2v) is 6.70. The molecule has 0 radical (unpaired) electrons. The third-order valence-electron chi connectivity index (χ3n) is 4.25. The average molecular weight is 261 g/mol. The molecule has 106 valence electrons. The van der Waals surface area contributed by atoms with Crippen LogP contribution in [0.5, 0.6) is 0 Å². The summed E-state index contributed by atoms with van der Waals surface area (Å²) >= 11 is 0. The summed E-state index contributed by atoms with van der Waals surface area (Å²) in [6.07, 6.45) is 3.12. The molecule has 0 saturated carbocycles. The fraction of sp³-hybridized carbons (Fsp3) is 0.647. The van der Waals surface area contributed by atoms with Crippen molar-refractivity contribution in [2.75, 3.05) is 19.6 Å². The molecule has 1 fully saturated rings. The van der Waals surface area contributed by atoms with Crippen molar-refractivity contribution in [3.63, 3.8) is 0 Å². The molecule has 1 aliphatic rings. The maximum Gasteiger partial charge on any atom is 0.0804 e. The minimum absolute atomic E-state index is 0.328. The first-order chi connectivity index (χ1) is 8.98. The molecule has 1 unspecified atom stereocenters. The van der Waals surface area contributed by atoms with E-state index in [1.165, 1.54) is 24.9 Å². The van der Waals surface area contributed by atoms with Gasteiger partial charge in [0.1, 0.15) is 0 Å². The average Bonchev–Trinajstić information content (AvgIpc) is 2.35. The van der Waals surface area contributed by atoms with E-state index in [9.17, 15) is 5.11 Å². The molecule has 0 bridgehead atoms. The molecule has 1 aromatic carbocycles. The van der Waals surface area contributed by atoms with E-state index in [-0.39, 0.29) is 6.10 Å². The summed E-state index contributed by atoms with van der Waals surface area (Å²) in [5.74, 6) is 0. The fourth-order valence-corrected chi connectivity index (χ4v) is 3.16. The minimum atomic E-state index is -0.328. The van der Waals surface area contributed by atoms with Gasteiger partial charge in [0.15, 0.2) is 0 Å². The van der Waals surface area contributed by atoms with Crippen molar-refractivity contribution in [2.24, 2.45) is 5.41 Å². The Hall–Kier alpha value is -0.860. The second-order valence-electron chi connectivity index (χ2n) is 6.70. The lowest BCUT2D eigenvalue weighted by molar-refractivity contribution is 0.0898. The molecule has 1 aliphatic heterocycles. The SMILES string of the molecule is Cc1ccccc1C(O)CCN1CCCC(C)(C)C1. The van der Waals surface area contributed by atoms with Crippen LogP contribution in [0.3, 0.4) is 0 Å². The van der Waals surface area contributed by atoms with Crippen LogP contribution in [0.25, 0.3) is 0 Å². The third kappa shape index (κ3) is 4.05. The lowest BCUT2D eigenvalue weighted by atomic mass is 9.84. The van der Waals surface area contributed by atoms with Crippen LogP contribution in [0, 0.1) is 12.3 Å². The Kier molecular flexibility index (Phi) is 4.64. The zero-order chi connectivity index (χ0) is 13.9. The number of aliphatic hydroxyl groups is 1. The van der Waals surface area contributed by atoms with E-state index in [0.717, 1.165) is 25.1 Å². The Bertz CT molecular complexity index is 413. The molecule has 2 nitrogen and oxygen atoms in total. The number of piperidine rings is 1. The van der Waals surface area contributed by atoms with E-state index in [2.05, 4.69) is 31.7 Å². The van der Waals surface area contributed by atoms with E-state index in [0.29, 0.717) is 5.41 Å². The lowest BCUT2D eigenvalue weighted by Gasteiger charge is -2.38. The zero-order valence-electron chi connectivity index (χ0n) is 12.5. The standard InChI is InChI=1S/C17H27NO/c1-14-7-4-5-8-15(14)16(19)9-12-18-11-6-10-17(2,3)13-18/h4-5,7-8,16,19H,6,9-13H2,1-3H3. The van der Waals surface area contributed by atoms with E-state index >= 15 is 0 Å². The molecule has 0 aliphatic carbocycles. The molecule has 1 N–H and O–H groups in total. The van der Waals surface area contributed by atoms with Gasteiger partial charge in [-0.15, -0.1) is 0 Å². The van der Waals surface area contributed by atoms with Crippen LogP contribution in [0.4, 0.5) is 0 Å². The largest absolute Gasteiger partial charge is 0.388 e. The summed E-state index contributed by atoms with van der Waals surface area (Å²) in [6.45, 7) is 10.1. The van der Waals surface area contributed by atoms with Crippen molar-refractivity contribution in [1.82, 2.24) is 4.90 Å². The molecule has 2 heteroatoms. The highest BCUT2D eigenvalue weighted by molar-refractivity contribution is 5.27. The Morgan fingerprint density at radius 1 is 1.32 bits per heavy atom. The lowest BCUT2D eigenvalue weighted by Crippen LogP contribution is -2.40. The molecule has 2 rings (SSSR count). The van der Waals surface area contributed by atoms with Crippen LogP contribution in [-0.2, 0) is 0 Å². The third-order valence-corrected chi connectivity index (χ3v) is 4.25. The van der Waals surface area contributed by atoms with Gasteiger partial charge in [-0.2, -0.15) is 0 Å². The van der Waals surface area contributed by atoms with Crippen LogP contribution in [0.1, 0.15) is 50.3 Å². The Balaban J connectivity index is 1.87. The Labute approximate surface area is 117 Å². The van der Waals surface area contributed by atoms with E-state index < -0.39 is 0 Å². The number of nitrogens with zero attached hydrogens (tertiary/aromatic N) is 1. The predicted molar refractivity (Wildman–Crippen MR) is 80.2 cm³/mol. The predicted octanol–water partition coefficient (Wildman–Crippen LogP) is 3.54. The van der Waals surface area contributed by atoms with E-state index in [1.807, 2.05) is 18.2 Å². The van der Waals surface area contributed by atoms with Crippen molar-refractivity contribution < 1.29 is 5.11 Å². The van der Waals surface area contributed by atoms with E-state index in [4.69, 9.17) is 0 Å².